The smallest absolute Gasteiger partial charge is 0.363 e. The summed E-state index contributed by atoms with van der Waals surface area (Å²) in [6.45, 7) is 0.522. The third-order valence-electron chi connectivity index (χ3n) is 5.23. The summed E-state index contributed by atoms with van der Waals surface area (Å²) in [5, 5.41) is 14.6. The molecule has 0 unspecified atom stereocenters. The Labute approximate surface area is 152 Å². The number of likely N-dealkylation sites (N-methyl/N-ethyl adjacent to an activating group) is 1. The van der Waals surface area contributed by atoms with E-state index in [9.17, 15) is 14.9 Å². The molecule has 0 amide bonds. The summed E-state index contributed by atoms with van der Waals surface area (Å²) in [6, 6.07) is 5.31. The van der Waals surface area contributed by atoms with Crippen molar-refractivity contribution in [2.24, 2.45) is 5.92 Å². The van der Waals surface area contributed by atoms with Gasteiger partial charge in [-0.05, 0) is 45.0 Å². The first kappa shape index (κ1) is 18.3. The van der Waals surface area contributed by atoms with Crippen LogP contribution in [0, 0.1) is 16.0 Å². The summed E-state index contributed by atoms with van der Waals surface area (Å²) in [5.74, 6) is 0.598. The molecule has 8 heteroatoms. The lowest BCUT2D eigenvalue weighted by Crippen LogP contribution is -2.42. The average molecular weight is 359 g/mol. The second-order valence-corrected chi connectivity index (χ2v) is 7.11. The normalized spacial score (nSPS) is 16.7. The third kappa shape index (κ3) is 3.70. The van der Waals surface area contributed by atoms with Crippen molar-refractivity contribution in [3.63, 3.8) is 0 Å². The highest BCUT2D eigenvalue weighted by Gasteiger charge is 2.28. The molecule has 0 spiro atoms. The van der Waals surface area contributed by atoms with E-state index in [0.29, 0.717) is 18.1 Å². The first-order valence-electron chi connectivity index (χ1n) is 9.05. The van der Waals surface area contributed by atoms with Gasteiger partial charge in [0.1, 0.15) is 5.65 Å². The van der Waals surface area contributed by atoms with Crippen molar-refractivity contribution in [2.75, 3.05) is 26.0 Å². The second-order valence-electron chi connectivity index (χ2n) is 7.11. The van der Waals surface area contributed by atoms with E-state index >= 15 is 0 Å². The Morgan fingerprint density at radius 1 is 1.35 bits per heavy atom. The molecule has 0 aromatic carbocycles. The van der Waals surface area contributed by atoms with E-state index in [0.717, 1.165) is 0 Å². The topological polar surface area (TPSA) is 92.8 Å². The second kappa shape index (κ2) is 7.82. The minimum atomic E-state index is -0.665. The standard InChI is InChI=1S/C18H25N5O3/c1-21(2)14(13-8-4-3-5-9-13)12-19-17-16(23(25)26)18(24)22-11-7-6-10-15(22)20-17/h6-7,10-11,13-14,19H,3-5,8-9,12H2,1-2H3/t14-/m0/s1. The third-order valence-corrected chi connectivity index (χ3v) is 5.23. The maximum atomic E-state index is 12.5. The van der Waals surface area contributed by atoms with E-state index in [1.807, 2.05) is 14.1 Å². The number of anilines is 1. The zero-order valence-electron chi connectivity index (χ0n) is 15.2. The van der Waals surface area contributed by atoms with Gasteiger partial charge in [0, 0.05) is 18.8 Å². The number of aromatic nitrogens is 2. The number of nitrogens with one attached hydrogen (secondary N) is 1. The van der Waals surface area contributed by atoms with Gasteiger partial charge in [0.15, 0.2) is 0 Å². The van der Waals surface area contributed by atoms with Crippen LogP contribution in [0.2, 0.25) is 0 Å². The fraction of sp³-hybridized carbons (Fsp3) is 0.556. The zero-order valence-corrected chi connectivity index (χ0v) is 15.2. The number of nitro groups is 1. The lowest BCUT2D eigenvalue weighted by molar-refractivity contribution is -0.385. The Balaban J connectivity index is 1.90. The maximum Gasteiger partial charge on any atom is 0.376 e. The fourth-order valence-corrected chi connectivity index (χ4v) is 3.86. The first-order chi connectivity index (χ1) is 12.5. The van der Waals surface area contributed by atoms with Crippen molar-refractivity contribution in [3.05, 3.63) is 44.9 Å². The molecule has 0 bridgehead atoms. The molecule has 3 rings (SSSR count). The van der Waals surface area contributed by atoms with Crippen molar-refractivity contribution in [1.82, 2.24) is 14.3 Å². The highest BCUT2D eigenvalue weighted by atomic mass is 16.6. The van der Waals surface area contributed by atoms with Gasteiger partial charge in [0.05, 0.1) is 4.92 Å². The van der Waals surface area contributed by atoms with E-state index in [4.69, 9.17) is 0 Å². The molecule has 2 aromatic rings. The van der Waals surface area contributed by atoms with Crippen LogP contribution < -0.4 is 10.9 Å². The summed E-state index contributed by atoms with van der Waals surface area (Å²) in [4.78, 5) is 29.8. The molecular formula is C18H25N5O3. The quantitative estimate of drug-likeness (QED) is 0.629. The molecule has 0 aliphatic heterocycles. The SMILES string of the molecule is CN(C)[C@@H](CNc1nc2ccccn2c(=O)c1[N+](=O)[O-])C1CCCCC1. The molecule has 26 heavy (non-hydrogen) atoms. The molecule has 1 atom stereocenters. The molecule has 1 N–H and O–H groups in total. The van der Waals surface area contributed by atoms with Gasteiger partial charge in [0.25, 0.3) is 0 Å². The molecule has 1 fully saturated rings. The lowest BCUT2D eigenvalue weighted by atomic mass is 9.83. The minimum Gasteiger partial charge on any atom is -0.363 e. The number of fused-ring (bicyclic) bond motifs is 1. The van der Waals surface area contributed by atoms with E-state index < -0.39 is 16.2 Å². The minimum absolute atomic E-state index is 0.0499. The first-order valence-corrected chi connectivity index (χ1v) is 9.05. The maximum absolute atomic E-state index is 12.5. The zero-order chi connectivity index (χ0) is 18.7. The van der Waals surface area contributed by atoms with Gasteiger partial charge >= 0.3 is 11.2 Å². The monoisotopic (exact) mass is 359 g/mol. The van der Waals surface area contributed by atoms with Crippen LogP contribution >= 0.6 is 0 Å². The summed E-state index contributed by atoms with van der Waals surface area (Å²) < 4.78 is 1.20. The molecule has 1 aliphatic carbocycles. The van der Waals surface area contributed by atoms with Crippen molar-refractivity contribution < 1.29 is 4.92 Å². The Morgan fingerprint density at radius 3 is 2.73 bits per heavy atom. The van der Waals surface area contributed by atoms with Gasteiger partial charge in [-0.2, -0.15) is 0 Å². The van der Waals surface area contributed by atoms with Crippen molar-refractivity contribution in [2.45, 2.75) is 38.1 Å². The predicted octanol–water partition coefficient (Wildman–Crippen LogP) is 2.53. The Hall–Kier alpha value is -2.48. The summed E-state index contributed by atoms with van der Waals surface area (Å²) >= 11 is 0. The molecular weight excluding hydrogens is 334 g/mol. The van der Waals surface area contributed by atoms with Gasteiger partial charge in [0.2, 0.25) is 5.82 Å². The van der Waals surface area contributed by atoms with Crippen LogP contribution in [0.4, 0.5) is 11.5 Å². The number of hydrogen-bond acceptors (Lipinski definition) is 6. The van der Waals surface area contributed by atoms with E-state index in [2.05, 4.69) is 15.2 Å². The van der Waals surface area contributed by atoms with Crippen LogP contribution in [-0.4, -0.2) is 45.9 Å². The highest BCUT2D eigenvalue weighted by molar-refractivity contribution is 5.59. The van der Waals surface area contributed by atoms with Crippen LogP contribution in [0.25, 0.3) is 5.65 Å². The summed E-state index contributed by atoms with van der Waals surface area (Å²) in [5.41, 5.74) is -0.776. The van der Waals surface area contributed by atoms with E-state index in [1.165, 1.54) is 42.7 Å². The molecule has 1 aliphatic rings. The van der Waals surface area contributed by atoms with Gasteiger partial charge < -0.3 is 10.2 Å². The molecule has 8 nitrogen and oxygen atoms in total. The summed E-state index contributed by atoms with van der Waals surface area (Å²) in [6.07, 6.45) is 7.56. The predicted molar refractivity (Wildman–Crippen MR) is 101 cm³/mol. The fourth-order valence-electron chi connectivity index (χ4n) is 3.86. The molecule has 2 aromatic heterocycles. The molecule has 2 heterocycles. The number of nitrogens with zero attached hydrogens (tertiary/aromatic N) is 4. The van der Waals surface area contributed by atoms with Crippen LogP contribution in [0.1, 0.15) is 32.1 Å². The van der Waals surface area contributed by atoms with Gasteiger partial charge in [-0.1, -0.05) is 25.3 Å². The van der Waals surface area contributed by atoms with Crippen LogP contribution in [0.3, 0.4) is 0 Å². The molecule has 1 saturated carbocycles. The Morgan fingerprint density at radius 2 is 2.08 bits per heavy atom. The van der Waals surface area contributed by atoms with Gasteiger partial charge in [-0.25, -0.2) is 4.98 Å². The molecule has 0 radical (unpaired) electrons. The average Bonchev–Trinajstić information content (AvgIpc) is 2.62. The molecule has 0 saturated heterocycles. The van der Waals surface area contributed by atoms with E-state index in [-0.39, 0.29) is 11.9 Å². The Bertz CT molecular complexity index is 842. The number of rotatable bonds is 6. The van der Waals surface area contributed by atoms with Crippen molar-refractivity contribution in [1.29, 1.82) is 0 Å². The van der Waals surface area contributed by atoms with E-state index in [1.54, 1.807) is 18.2 Å². The van der Waals surface area contributed by atoms with Crippen LogP contribution in [-0.2, 0) is 0 Å². The van der Waals surface area contributed by atoms with Crippen molar-refractivity contribution in [3.8, 4) is 0 Å². The van der Waals surface area contributed by atoms with Crippen molar-refractivity contribution >= 4 is 17.2 Å². The van der Waals surface area contributed by atoms with Crippen LogP contribution in [0.5, 0.6) is 0 Å². The number of hydrogen-bond donors (Lipinski definition) is 1. The van der Waals surface area contributed by atoms with Gasteiger partial charge in [-0.15, -0.1) is 0 Å². The molecule has 140 valence electrons. The van der Waals surface area contributed by atoms with Gasteiger partial charge in [-0.3, -0.25) is 19.3 Å². The summed E-state index contributed by atoms with van der Waals surface area (Å²) in [7, 11) is 4.05. The highest BCUT2D eigenvalue weighted by Crippen LogP contribution is 2.29. The Kier molecular flexibility index (Phi) is 5.51. The lowest BCUT2D eigenvalue weighted by Gasteiger charge is -2.35. The largest absolute Gasteiger partial charge is 0.376 e. The van der Waals surface area contributed by atoms with Crippen LogP contribution in [0.15, 0.2) is 29.2 Å². The number of pyridine rings is 1.